The van der Waals surface area contributed by atoms with Crippen LogP contribution >= 0.6 is 11.6 Å². The van der Waals surface area contributed by atoms with Crippen molar-refractivity contribution in [3.63, 3.8) is 0 Å². The summed E-state index contributed by atoms with van der Waals surface area (Å²) in [6, 6.07) is 13.9. The van der Waals surface area contributed by atoms with Gasteiger partial charge in [-0.05, 0) is 48.7 Å². The molecule has 3 aromatic rings. The molecule has 134 valence electrons. The predicted molar refractivity (Wildman–Crippen MR) is 107 cm³/mol. The number of likely N-dealkylation sites (N-methyl/N-ethyl adjacent to an activating group) is 1. The first-order chi connectivity index (χ1) is 12.6. The number of halogens is 1. The van der Waals surface area contributed by atoms with E-state index in [9.17, 15) is 0 Å². The molecule has 0 bridgehead atoms. The van der Waals surface area contributed by atoms with Gasteiger partial charge in [-0.15, -0.1) is 0 Å². The molecule has 1 N–H and O–H groups in total. The number of benzene rings is 1. The monoisotopic (exact) mass is 367 g/mol. The minimum Gasteiger partial charge on any atom is -0.366 e. The van der Waals surface area contributed by atoms with Crippen molar-refractivity contribution >= 4 is 23.2 Å². The summed E-state index contributed by atoms with van der Waals surface area (Å²) in [6.45, 7) is 3.47. The van der Waals surface area contributed by atoms with Crippen molar-refractivity contribution in [2.45, 2.75) is 19.9 Å². The molecular weight excluding hydrogens is 346 g/mol. The Morgan fingerprint density at radius 3 is 2.46 bits per heavy atom. The van der Waals surface area contributed by atoms with Crippen LogP contribution in [-0.2, 0) is 13.0 Å². The highest BCUT2D eigenvalue weighted by Gasteiger charge is 2.07. The van der Waals surface area contributed by atoms with Gasteiger partial charge >= 0.3 is 0 Å². The summed E-state index contributed by atoms with van der Waals surface area (Å²) >= 11 is 5.93. The average molecular weight is 368 g/mol. The minimum absolute atomic E-state index is 0.688. The molecule has 26 heavy (non-hydrogen) atoms. The summed E-state index contributed by atoms with van der Waals surface area (Å²) in [5.41, 5.74) is 2.41. The SMILES string of the molecule is Cc1nc(NCc2ccc(Cl)cc2)cc(N(C)CCc2ccncc2)n1. The van der Waals surface area contributed by atoms with E-state index in [1.165, 1.54) is 5.56 Å². The molecule has 0 spiro atoms. The van der Waals surface area contributed by atoms with Gasteiger partial charge in [-0.1, -0.05) is 23.7 Å². The number of hydrogen-bond acceptors (Lipinski definition) is 5. The van der Waals surface area contributed by atoms with E-state index >= 15 is 0 Å². The molecule has 2 aromatic heterocycles. The minimum atomic E-state index is 0.688. The molecule has 0 aliphatic carbocycles. The highest BCUT2D eigenvalue weighted by atomic mass is 35.5. The summed E-state index contributed by atoms with van der Waals surface area (Å²) in [4.78, 5) is 15.2. The van der Waals surface area contributed by atoms with Crippen LogP contribution < -0.4 is 10.2 Å². The smallest absolute Gasteiger partial charge is 0.134 e. The summed E-state index contributed by atoms with van der Waals surface area (Å²) < 4.78 is 0. The third kappa shape index (κ3) is 5.17. The fraction of sp³-hybridized carbons (Fsp3) is 0.250. The number of pyridine rings is 1. The zero-order chi connectivity index (χ0) is 18.4. The largest absolute Gasteiger partial charge is 0.366 e. The normalized spacial score (nSPS) is 10.6. The van der Waals surface area contributed by atoms with Crippen molar-refractivity contribution in [3.05, 3.63) is 76.8 Å². The van der Waals surface area contributed by atoms with Crippen LogP contribution in [0.3, 0.4) is 0 Å². The number of rotatable bonds is 7. The number of nitrogens with zero attached hydrogens (tertiary/aromatic N) is 4. The van der Waals surface area contributed by atoms with Gasteiger partial charge in [0, 0.05) is 43.6 Å². The second kappa shape index (κ2) is 8.63. The maximum absolute atomic E-state index is 5.93. The first kappa shape index (κ1) is 18.1. The van der Waals surface area contributed by atoms with Gasteiger partial charge in [-0.3, -0.25) is 4.98 Å². The number of nitrogens with one attached hydrogen (secondary N) is 1. The molecule has 3 rings (SSSR count). The first-order valence-electron chi connectivity index (χ1n) is 8.54. The van der Waals surface area contributed by atoms with Gasteiger partial charge in [0.05, 0.1) is 0 Å². The van der Waals surface area contributed by atoms with E-state index in [0.717, 1.165) is 41.0 Å². The zero-order valence-corrected chi connectivity index (χ0v) is 15.7. The Morgan fingerprint density at radius 2 is 1.73 bits per heavy atom. The third-order valence-corrected chi connectivity index (χ3v) is 4.34. The molecule has 0 fully saturated rings. The standard InChI is InChI=1S/C20H22ClN5/c1-15-24-19(23-14-17-3-5-18(21)6-4-17)13-20(25-15)26(2)12-9-16-7-10-22-11-8-16/h3-8,10-11,13H,9,12,14H2,1-2H3,(H,23,24,25). The zero-order valence-electron chi connectivity index (χ0n) is 15.0. The highest BCUT2D eigenvalue weighted by molar-refractivity contribution is 6.30. The topological polar surface area (TPSA) is 53.9 Å². The van der Waals surface area contributed by atoms with E-state index in [1.54, 1.807) is 0 Å². The van der Waals surface area contributed by atoms with Gasteiger partial charge in [-0.2, -0.15) is 0 Å². The Labute approximate surface area is 159 Å². The van der Waals surface area contributed by atoms with Gasteiger partial charge in [0.15, 0.2) is 0 Å². The lowest BCUT2D eigenvalue weighted by molar-refractivity contribution is 0.847. The Balaban J connectivity index is 1.63. The quantitative estimate of drug-likeness (QED) is 0.680. The van der Waals surface area contributed by atoms with E-state index < -0.39 is 0 Å². The van der Waals surface area contributed by atoms with Crippen molar-refractivity contribution in [2.24, 2.45) is 0 Å². The molecule has 1 aromatic carbocycles. The maximum atomic E-state index is 5.93. The predicted octanol–water partition coefficient (Wildman–Crippen LogP) is 4.12. The number of anilines is 2. The molecule has 0 unspecified atom stereocenters. The molecule has 2 heterocycles. The fourth-order valence-electron chi connectivity index (χ4n) is 2.59. The molecule has 0 saturated heterocycles. The van der Waals surface area contributed by atoms with Crippen molar-refractivity contribution in [1.29, 1.82) is 0 Å². The van der Waals surface area contributed by atoms with Crippen LogP contribution in [0.2, 0.25) is 5.02 Å². The molecule has 0 aliphatic rings. The van der Waals surface area contributed by atoms with E-state index in [0.29, 0.717) is 6.54 Å². The molecule has 0 saturated carbocycles. The molecule has 6 heteroatoms. The Morgan fingerprint density at radius 1 is 1.00 bits per heavy atom. The summed E-state index contributed by atoms with van der Waals surface area (Å²) in [6.07, 6.45) is 4.58. The van der Waals surface area contributed by atoms with E-state index in [1.807, 2.05) is 68.8 Å². The Kier molecular flexibility index (Phi) is 6.02. The molecular formula is C20H22ClN5. The second-order valence-corrected chi connectivity index (χ2v) is 6.60. The van der Waals surface area contributed by atoms with Gasteiger partial charge in [-0.25, -0.2) is 9.97 Å². The lowest BCUT2D eigenvalue weighted by Gasteiger charge is -2.19. The summed E-state index contributed by atoms with van der Waals surface area (Å²) in [7, 11) is 2.05. The van der Waals surface area contributed by atoms with E-state index in [2.05, 4.69) is 25.2 Å². The first-order valence-corrected chi connectivity index (χ1v) is 8.92. The summed E-state index contributed by atoms with van der Waals surface area (Å²) in [5, 5.41) is 4.10. The van der Waals surface area contributed by atoms with Crippen molar-refractivity contribution in [1.82, 2.24) is 15.0 Å². The van der Waals surface area contributed by atoms with Crippen LogP contribution in [-0.4, -0.2) is 28.5 Å². The van der Waals surface area contributed by atoms with E-state index in [-0.39, 0.29) is 0 Å². The van der Waals surface area contributed by atoms with Gasteiger partial charge in [0.25, 0.3) is 0 Å². The van der Waals surface area contributed by atoms with Crippen LogP contribution in [0.25, 0.3) is 0 Å². The molecule has 0 aliphatic heterocycles. The third-order valence-electron chi connectivity index (χ3n) is 4.09. The van der Waals surface area contributed by atoms with Crippen LogP contribution in [0.1, 0.15) is 17.0 Å². The molecule has 0 atom stereocenters. The van der Waals surface area contributed by atoms with Crippen LogP contribution in [0.15, 0.2) is 54.9 Å². The number of aromatic nitrogens is 3. The number of aryl methyl sites for hydroxylation is 1. The number of hydrogen-bond donors (Lipinski definition) is 1. The summed E-state index contributed by atoms with van der Waals surface area (Å²) in [5.74, 6) is 2.47. The Hall–Kier alpha value is -2.66. The molecule has 5 nitrogen and oxygen atoms in total. The lowest BCUT2D eigenvalue weighted by atomic mass is 10.2. The van der Waals surface area contributed by atoms with Crippen molar-refractivity contribution < 1.29 is 0 Å². The van der Waals surface area contributed by atoms with Crippen LogP contribution in [0.5, 0.6) is 0 Å². The highest BCUT2D eigenvalue weighted by Crippen LogP contribution is 2.17. The fourth-order valence-corrected chi connectivity index (χ4v) is 2.72. The lowest BCUT2D eigenvalue weighted by Crippen LogP contribution is -2.22. The van der Waals surface area contributed by atoms with Crippen LogP contribution in [0.4, 0.5) is 11.6 Å². The van der Waals surface area contributed by atoms with Crippen molar-refractivity contribution in [2.75, 3.05) is 23.8 Å². The van der Waals surface area contributed by atoms with Crippen LogP contribution in [0, 0.1) is 6.92 Å². The van der Waals surface area contributed by atoms with Gasteiger partial charge in [0.2, 0.25) is 0 Å². The molecule has 0 radical (unpaired) electrons. The Bertz CT molecular complexity index is 837. The molecule has 0 amide bonds. The maximum Gasteiger partial charge on any atom is 0.134 e. The van der Waals surface area contributed by atoms with Crippen molar-refractivity contribution in [3.8, 4) is 0 Å². The van der Waals surface area contributed by atoms with Gasteiger partial charge < -0.3 is 10.2 Å². The average Bonchev–Trinajstić information content (AvgIpc) is 2.66. The van der Waals surface area contributed by atoms with Gasteiger partial charge in [0.1, 0.15) is 17.5 Å². The van der Waals surface area contributed by atoms with E-state index in [4.69, 9.17) is 11.6 Å². The second-order valence-electron chi connectivity index (χ2n) is 6.17.